The van der Waals surface area contributed by atoms with E-state index in [4.69, 9.17) is 9.15 Å². The van der Waals surface area contributed by atoms with Crippen LogP contribution >= 0.6 is 0 Å². The van der Waals surface area contributed by atoms with E-state index < -0.39 is 5.91 Å². The summed E-state index contributed by atoms with van der Waals surface area (Å²) in [7, 11) is 1.48. The molecule has 2 heterocycles. The van der Waals surface area contributed by atoms with E-state index in [0.717, 1.165) is 0 Å². The van der Waals surface area contributed by atoms with E-state index in [9.17, 15) is 14.7 Å². The summed E-state index contributed by atoms with van der Waals surface area (Å²) < 4.78 is 12.2. The van der Waals surface area contributed by atoms with Crippen molar-refractivity contribution in [2.45, 2.75) is 33.9 Å². The van der Waals surface area contributed by atoms with Gasteiger partial charge in [0.05, 0.1) is 12.7 Å². The Morgan fingerprint density at radius 2 is 2.14 bits per heavy atom. The topological polar surface area (TPSA) is 107 Å². The van der Waals surface area contributed by atoms with Gasteiger partial charge in [-0.1, -0.05) is 13.8 Å². The van der Waals surface area contributed by atoms with Gasteiger partial charge in [-0.2, -0.15) is 0 Å². The Labute approximate surface area is 161 Å². The number of phenolic OH excluding ortho intramolecular Hbond substituents is 1. The summed E-state index contributed by atoms with van der Waals surface area (Å²) in [5, 5.41) is 12.5. The van der Waals surface area contributed by atoms with Crippen molar-refractivity contribution in [2.75, 3.05) is 7.11 Å². The molecular formula is C20H23N3O5. The summed E-state index contributed by atoms with van der Waals surface area (Å²) in [6.07, 6.45) is 1.44. The van der Waals surface area contributed by atoms with Gasteiger partial charge in [-0.25, -0.2) is 4.98 Å². The van der Waals surface area contributed by atoms with E-state index in [0.29, 0.717) is 23.6 Å². The minimum absolute atomic E-state index is 0.0698. The van der Waals surface area contributed by atoms with Crippen molar-refractivity contribution in [3.63, 3.8) is 0 Å². The summed E-state index contributed by atoms with van der Waals surface area (Å²) in [4.78, 5) is 29.9. The van der Waals surface area contributed by atoms with Crippen molar-refractivity contribution in [3.8, 4) is 11.5 Å². The average molecular weight is 385 g/mol. The number of ether oxygens (including phenoxy) is 1. The van der Waals surface area contributed by atoms with Crippen LogP contribution in [0.3, 0.4) is 0 Å². The number of hydrogen-bond acceptors (Lipinski definition) is 6. The van der Waals surface area contributed by atoms with Crippen molar-refractivity contribution < 1.29 is 19.1 Å². The zero-order valence-electron chi connectivity index (χ0n) is 16.3. The van der Waals surface area contributed by atoms with E-state index in [1.165, 1.54) is 30.1 Å². The maximum absolute atomic E-state index is 12.8. The van der Waals surface area contributed by atoms with Gasteiger partial charge in [0.2, 0.25) is 5.71 Å². The van der Waals surface area contributed by atoms with Gasteiger partial charge >= 0.3 is 0 Å². The van der Waals surface area contributed by atoms with Gasteiger partial charge in [-0.05, 0) is 25.0 Å². The van der Waals surface area contributed by atoms with Crippen LogP contribution in [0.25, 0.3) is 11.1 Å². The normalized spacial score (nSPS) is 11.2. The summed E-state index contributed by atoms with van der Waals surface area (Å²) in [6.45, 7) is 6.28. The fourth-order valence-electron chi connectivity index (χ4n) is 3.08. The molecule has 0 saturated carbocycles. The Morgan fingerprint density at radius 1 is 1.39 bits per heavy atom. The molecule has 0 spiro atoms. The fourth-order valence-corrected chi connectivity index (χ4v) is 3.08. The molecule has 148 valence electrons. The minimum atomic E-state index is -0.437. The largest absolute Gasteiger partial charge is 0.508 e. The molecule has 0 bridgehead atoms. The smallest absolute Gasteiger partial charge is 0.265 e. The Hall–Kier alpha value is -3.29. The minimum Gasteiger partial charge on any atom is -0.508 e. The van der Waals surface area contributed by atoms with Crippen LogP contribution in [-0.2, 0) is 13.1 Å². The van der Waals surface area contributed by atoms with Crippen molar-refractivity contribution in [3.05, 3.63) is 51.8 Å². The summed E-state index contributed by atoms with van der Waals surface area (Å²) in [5.41, 5.74) is 0.718. The predicted molar refractivity (Wildman–Crippen MR) is 104 cm³/mol. The van der Waals surface area contributed by atoms with Crippen molar-refractivity contribution in [1.29, 1.82) is 0 Å². The first-order valence-electron chi connectivity index (χ1n) is 8.94. The number of amides is 1. The summed E-state index contributed by atoms with van der Waals surface area (Å²) in [5.74, 6) is 0.671. The van der Waals surface area contributed by atoms with Gasteiger partial charge in [-0.3, -0.25) is 14.2 Å². The van der Waals surface area contributed by atoms with E-state index in [1.807, 2.05) is 13.8 Å². The standard InChI is InChI=1S/C20H23N3O5/c1-11(2)9-23-10-22-19-17(20(23)26)16(12(3)28-19)18(25)21-8-13-5-6-14(24)7-15(13)27-4/h5-7,10-11,24H,8-9H2,1-4H3,(H,21,25). The van der Waals surface area contributed by atoms with Crippen LogP contribution < -0.4 is 15.6 Å². The third-order valence-corrected chi connectivity index (χ3v) is 4.35. The number of aromatic hydroxyl groups is 1. The highest BCUT2D eigenvalue weighted by Crippen LogP contribution is 2.24. The monoisotopic (exact) mass is 385 g/mol. The number of aryl methyl sites for hydroxylation is 1. The number of benzene rings is 1. The molecule has 3 aromatic rings. The number of nitrogens with one attached hydrogen (secondary N) is 1. The second-order valence-corrected chi connectivity index (χ2v) is 6.99. The van der Waals surface area contributed by atoms with E-state index >= 15 is 0 Å². The first-order chi connectivity index (χ1) is 13.3. The first-order valence-corrected chi connectivity index (χ1v) is 8.94. The fraction of sp³-hybridized carbons (Fsp3) is 0.350. The first kappa shape index (κ1) is 19.5. The molecule has 0 aliphatic heterocycles. The molecule has 8 heteroatoms. The quantitative estimate of drug-likeness (QED) is 0.675. The lowest BCUT2D eigenvalue weighted by Crippen LogP contribution is -2.27. The second kappa shape index (κ2) is 7.75. The molecule has 3 rings (SSSR count). The lowest BCUT2D eigenvalue weighted by atomic mass is 10.1. The number of carbonyl (C=O) groups excluding carboxylic acids is 1. The molecule has 0 saturated heterocycles. The van der Waals surface area contributed by atoms with Crippen molar-refractivity contribution >= 4 is 17.0 Å². The molecule has 0 atom stereocenters. The average Bonchev–Trinajstić information content (AvgIpc) is 2.99. The molecule has 1 aromatic carbocycles. The van der Waals surface area contributed by atoms with Crippen molar-refractivity contribution in [2.24, 2.45) is 5.92 Å². The highest BCUT2D eigenvalue weighted by Gasteiger charge is 2.23. The van der Waals surface area contributed by atoms with Gasteiger partial charge in [-0.15, -0.1) is 0 Å². The maximum Gasteiger partial charge on any atom is 0.265 e. The molecule has 2 aromatic heterocycles. The van der Waals surface area contributed by atoms with Crippen LogP contribution in [0.15, 0.2) is 33.7 Å². The molecule has 1 amide bonds. The Kier molecular flexibility index (Phi) is 5.39. The van der Waals surface area contributed by atoms with Crippen LogP contribution in [0.5, 0.6) is 11.5 Å². The van der Waals surface area contributed by atoms with Gasteiger partial charge in [0, 0.05) is 24.7 Å². The zero-order chi connectivity index (χ0) is 20.4. The number of furan rings is 1. The van der Waals surface area contributed by atoms with Crippen LogP contribution in [0.1, 0.15) is 35.5 Å². The van der Waals surface area contributed by atoms with Crippen LogP contribution in [0.2, 0.25) is 0 Å². The number of fused-ring (bicyclic) bond motifs is 1. The second-order valence-electron chi connectivity index (χ2n) is 6.99. The molecule has 2 N–H and O–H groups in total. The van der Waals surface area contributed by atoms with Gasteiger partial charge < -0.3 is 19.6 Å². The number of aromatic nitrogens is 2. The van der Waals surface area contributed by atoms with Crippen LogP contribution in [0, 0.1) is 12.8 Å². The number of methoxy groups -OCH3 is 1. The summed E-state index contributed by atoms with van der Waals surface area (Å²) >= 11 is 0. The third-order valence-electron chi connectivity index (χ3n) is 4.35. The highest BCUT2D eigenvalue weighted by molar-refractivity contribution is 6.06. The van der Waals surface area contributed by atoms with Gasteiger partial charge in [0.1, 0.15) is 29.0 Å². The SMILES string of the molecule is COc1cc(O)ccc1CNC(=O)c1c(C)oc2ncn(CC(C)C)c(=O)c12. The predicted octanol–water partition coefficient (Wildman–Crippen LogP) is 2.60. The van der Waals surface area contributed by atoms with E-state index in [-0.39, 0.29) is 40.4 Å². The molecule has 8 nitrogen and oxygen atoms in total. The van der Waals surface area contributed by atoms with Crippen molar-refractivity contribution in [1.82, 2.24) is 14.9 Å². The Morgan fingerprint density at radius 3 is 2.82 bits per heavy atom. The molecular weight excluding hydrogens is 362 g/mol. The van der Waals surface area contributed by atoms with Crippen LogP contribution in [-0.4, -0.2) is 27.7 Å². The maximum atomic E-state index is 12.8. The number of rotatable bonds is 6. The molecule has 28 heavy (non-hydrogen) atoms. The Balaban J connectivity index is 1.93. The number of phenols is 1. The molecule has 0 fully saturated rings. The van der Waals surface area contributed by atoms with Crippen LogP contribution in [0.4, 0.5) is 0 Å². The Bertz CT molecular complexity index is 1080. The molecule has 0 aliphatic rings. The lowest BCUT2D eigenvalue weighted by Gasteiger charge is -2.10. The molecule has 0 unspecified atom stereocenters. The number of carbonyl (C=O) groups is 1. The molecule has 0 radical (unpaired) electrons. The third kappa shape index (κ3) is 3.71. The van der Waals surface area contributed by atoms with Gasteiger partial charge in [0.15, 0.2) is 0 Å². The number of nitrogens with zero attached hydrogens (tertiary/aromatic N) is 2. The van der Waals surface area contributed by atoms with E-state index in [2.05, 4.69) is 10.3 Å². The van der Waals surface area contributed by atoms with E-state index in [1.54, 1.807) is 13.0 Å². The highest BCUT2D eigenvalue weighted by atomic mass is 16.5. The van der Waals surface area contributed by atoms with Gasteiger partial charge in [0.25, 0.3) is 11.5 Å². The summed E-state index contributed by atoms with van der Waals surface area (Å²) in [6, 6.07) is 4.64. The lowest BCUT2D eigenvalue weighted by molar-refractivity contribution is 0.0950. The zero-order valence-corrected chi connectivity index (χ0v) is 16.3. The number of hydrogen-bond donors (Lipinski definition) is 2. The molecule has 0 aliphatic carbocycles.